The van der Waals surface area contributed by atoms with Crippen molar-refractivity contribution in [1.29, 1.82) is 0 Å². The van der Waals surface area contributed by atoms with Gasteiger partial charge < -0.3 is 14.7 Å². The average molecular weight is 314 g/mol. The Labute approximate surface area is 135 Å². The van der Waals surface area contributed by atoms with Crippen molar-refractivity contribution in [1.82, 2.24) is 4.98 Å². The van der Waals surface area contributed by atoms with Gasteiger partial charge in [-0.05, 0) is 30.9 Å². The van der Waals surface area contributed by atoms with Crippen LogP contribution in [0.1, 0.15) is 18.9 Å². The van der Waals surface area contributed by atoms with E-state index in [9.17, 15) is 9.90 Å². The predicted octanol–water partition coefficient (Wildman–Crippen LogP) is 3.10. The second-order valence-electron chi connectivity index (χ2n) is 6.43. The van der Waals surface area contributed by atoms with Crippen LogP contribution in [0.15, 0.2) is 24.4 Å². The summed E-state index contributed by atoms with van der Waals surface area (Å²) < 4.78 is 5.42. The van der Waals surface area contributed by atoms with Crippen LogP contribution in [-0.4, -0.2) is 36.3 Å². The summed E-state index contributed by atoms with van der Waals surface area (Å²) in [6, 6.07) is 5.88. The molecule has 2 atom stereocenters. The number of aryl methyl sites for hydroxylation is 1. The lowest BCUT2D eigenvalue weighted by Crippen LogP contribution is -2.43. The molecule has 1 aliphatic rings. The molecular formula is C18H22N2O3. The highest BCUT2D eigenvalue weighted by molar-refractivity contribution is 5.96. The molecule has 2 unspecified atom stereocenters. The maximum absolute atomic E-state index is 11.5. The molecule has 0 saturated carbocycles. The fraction of sp³-hybridized carbons (Fsp3) is 0.444. The fourth-order valence-electron chi connectivity index (χ4n) is 3.58. The first-order valence-electron chi connectivity index (χ1n) is 7.91. The third-order valence-electron chi connectivity index (χ3n) is 4.56. The van der Waals surface area contributed by atoms with Crippen LogP contribution >= 0.6 is 0 Å². The standard InChI is InChI=1S/C18H22N2O3/c1-11-7-13(18(21)22)10-20(9-11)17-12(2)8-19-16-14(17)5-4-6-15(16)23-3/h4-6,8,11,13H,7,9-10H2,1-3H3,(H,21,22). The Balaban J connectivity index is 2.11. The van der Waals surface area contributed by atoms with Gasteiger partial charge in [-0.3, -0.25) is 9.78 Å². The van der Waals surface area contributed by atoms with E-state index in [1.165, 1.54) is 0 Å². The number of nitrogens with zero attached hydrogens (tertiary/aromatic N) is 2. The average Bonchev–Trinajstić information content (AvgIpc) is 2.53. The number of pyridine rings is 1. The molecule has 5 heteroatoms. The molecule has 0 amide bonds. The van der Waals surface area contributed by atoms with E-state index in [1.54, 1.807) is 7.11 Å². The van der Waals surface area contributed by atoms with Gasteiger partial charge in [-0.25, -0.2) is 0 Å². The van der Waals surface area contributed by atoms with Crippen molar-refractivity contribution < 1.29 is 14.6 Å². The van der Waals surface area contributed by atoms with Crippen LogP contribution in [0.4, 0.5) is 5.69 Å². The predicted molar refractivity (Wildman–Crippen MR) is 90.2 cm³/mol. The molecule has 0 radical (unpaired) electrons. The summed E-state index contributed by atoms with van der Waals surface area (Å²) in [6.45, 7) is 5.54. The number of carbonyl (C=O) groups is 1. The van der Waals surface area contributed by atoms with E-state index in [1.807, 2.05) is 31.3 Å². The summed E-state index contributed by atoms with van der Waals surface area (Å²) in [5.74, 6) is 0.0452. The van der Waals surface area contributed by atoms with Gasteiger partial charge in [0.1, 0.15) is 11.3 Å². The highest BCUT2D eigenvalue weighted by atomic mass is 16.5. The van der Waals surface area contributed by atoms with Crippen LogP contribution in [0.3, 0.4) is 0 Å². The summed E-state index contributed by atoms with van der Waals surface area (Å²) in [5.41, 5.74) is 2.95. The van der Waals surface area contributed by atoms with Gasteiger partial charge in [0.05, 0.1) is 18.7 Å². The van der Waals surface area contributed by atoms with E-state index >= 15 is 0 Å². The number of carboxylic acids is 1. The van der Waals surface area contributed by atoms with Crippen LogP contribution in [-0.2, 0) is 4.79 Å². The number of ether oxygens (including phenoxy) is 1. The number of aliphatic carboxylic acids is 1. The van der Waals surface area contributed by atoms with Crippen molar-refractivity contribution in [3.05, 3.63) is 30.0 Å². The van der Waals surface area contributed by atoms with Crippen molar-refractivity contribution in [3.8, 4) is 5.75 Å². The maximum atomic E-state index is 11.5. The van der Waals surface area contributed by atoms with E-state index in [2.05, 4.69) is 16.8 Å². The van der Waals surface area contributed by atoms with Gasteiger partial charge >= 0.3 is 5.97 Å². The Bertz CT molecular complexity index is 744. The fourth-order valence-corrected chi connectivity index (χ4v) is 3.58. The molecule has 23 heavy (non-hydrogen) atoms. The largest absolute Gasteiger partial charge is 0.494 e. The lowest BCUT2D eigenvalue weighted by molar-refractivity contribution is -0.142. The molecule has 1 N–H and O–H groups in total. The molecule has 2 aromatic rings. The Hall–Kier alpha value is -2.30. The van der Waals surface area contributed by atoms with Crippen LogP contribution < -0.4 is 9.64 Å². The number of hydrogen-bond donors (Lipinski definition) is 1. The van der Waals surface area contributed by atoms with Crippen LogP contribution in [0.25, 0.3) is 10.9 Å². The van der Waals surface area contributed by atoms with Crippen molar-refractivity contribution in [2.75, 3.05) is 25.1 Å². The molecule has 3 rings (SSSR count). The third-order valence-corrected chi connectivity index (χ3v) is 4.56. The van der Waals surface area contributed by atoms with Crippen molar-refractivity contribution in [3.63, 3.8) is 0 Å². The van der Waals surface area contributed by atoms with Gasteiger partial charge in [0.25, 0.3) is 0 Å². The number of para-hydroxylation sites is 1. The summed E-state index contributed by atoms with van der Waals surface area (Å²) >= 11 is 0. The molecule has 1 aliphatic heterocycles. The Morgan fingerprint density at radius 1 is 1.39 bits per heavy atom. The highest BCUT2D eigenvalue weighted by Gasteiger charge is 2.31. The SMILES string of the molecule is COc1cccc2c(N3CC(C)CC(C(=O)O)C3)c(C)cnc12. The highest BCUT2D eigenvalue weighted by Crippen LogP contribution is 2.36. The summed E-state index contributed by atoms with van der Waals surface area (Å²) in [7, 11) is 1.64. The zero-order valence-electron chi connectivity index (χ0n) is 13.7. The molecule has 2 heterocycles. The lowest BCUT2D eigenvalue weighted by Gasteiger charge is -2.37. The van der Waals surface area contributed by atoms with E-state index < -0.39 is 5.97 Å². The van der Waals surface area contributed by atoms with Gasteiger partial charge in [-0.15, -0.1) is 0 Å². The quantitative estimate of drug-likeness (QED) is 0.943. The Kier molecular flexibility index (Phi) is 4.11. The van der Waals surface area contributed by atoms with Gasteiger partial charge in [0.15, 0.2) is 0 Å². The topological polar surface area (TPSA) is 62.7 Å². The molecule has 1 aromatic heterocycles. The van der Waals surface area contributed by atoms with Crippen molar-refractivity contribution >= 4 is 22.6 Å². The zero-order valence-corrected chi connectivity index (χ0v) is 13.7. The first-order valence-corrected chi connectivity index (χ1v) is 7.91. The molecule has 122 valence electrons. The molecule has 0 aliphatic carbocycles. The molecule has 5 nitrogen and oxygen atoms in total. The minimum atomic E-state index is -0.713. The number of benzene rings is 1. The molecule has 0 bridgehead atoms. The number of rotatable bonds is 3. The minimum Gasteiger partial charge on any atom is -0.494 e. The Morgan fingerprint density at radius 3 is 2.87 bits per heavy atom. The monoisotopic (exact) mass is 314 g/mol. The Morgan fingerprint density at radius 2 is 2.17 bits per heavy atom. The second kappa shape index (κ2) is 6.07. The van der Waals surface area contributed by atoms with Gasteiger partial charge in [0.2, 0.25) is 0 Å². The number of methoxy groups -OCH3 is 1. The van der Waals surface area contributed by atoms with Crippen molar-refractivity contribution in [2.45, 2.75) is 20.3 Å². The summed E-state index contributed by atoms with van der Waals surface area (Å²) in [5, 5.41) is 10.4. The molecule has 0 spiro atoms. The van der Waals surface area contributed by atoms with Crippen molar-refractivity contribution in [2.24, 2.45) is 11.8 Å². The van der Waals surface area contributed by atoms with E-state index in [-0.39, 0.29) is 5.92 Å². The number of aromatic nitrogens is 1. The van der Waals surface area contributed by atoms with Gasteiger partial charge in [-0.1, -0.05) is 19.1 Å². The third kappa shape index (κ3) is 2.83. The van der Waals surface area contributed by atoms with E-state index in [0.29, 0.717) is 12.5 Å². The number of hydrogen-bond acceptors (Lipinski definition) is 4. The molecule has 1 aromatic carbocycles. The molecule has 1 fully saturated rings. The molecular weight excluding hydrogens is 292 g/mol. The van der Waals surface area contributed by atoms with Crippen LogP contribution in [0.2, 0.25) is 0 Å². The number of fused-ring (bicyclic) bond motifs is 1. The summed E-state index contributed by atoms with van der Waals surface area (Å²) in [6.07, 6.45) is 2.58. The molecule has 1 saturated heterocycles. The maximum Gasteiger partial charge on any atom is 0.308 e. The zero-order chi connectivity index (χ0) is 16.6. The van der Waals surface area contributed by atoms with E-state index in [4.69, 9.17) is 4.74 Å². The van der Waals surface area contributed by atoms with E-state index in [0.717, 1.165) is 40.9 Å². The smallest absolute Gasteiger partial charge is 0.308 e. The lowest BCUT2D eigenvalue weighted by atomic mass is 9.89. The summed E-state index contributed by atoms with van der Waals surface area (Å²) in [4.78, 5) is 18.2. The number of anilines is 1. The first kappa shape index (κ1) is 15.6. The second-order valence-corrected chi connectivity index (χ2v) is 6.43. The van der Waals surface area contributed by atoms with Crippen LogP contribution in [0, 0.1) is 18.8 Å². The van der Waals surface area contributed by atoms with Gasteiger partial charge in [0, 0.05) is 24.7 Å². The minimum absolute atomic E-state index is 0.327. The van der Waals surface area contributed by atoms with Crippen LogP contribution in [0.5, 0.6) is 5.75 Å². The first-order chi connectivity index (χ1) is 11.0. The van der Waals surface area contributed by atoms with Gasteiger partial charge in [-0.2, -0.15) is 0 Å². The number of carboxylic acid groups (broad SMARTS) is 1. The number of piperidine rings is 1. The normalized spacial score (nSPS) is 21.4.